The first kappa shape index (κ1) is 26.0. The lowest BCUT2D eigenvalue weighted by Crippen LogP contribution is -2.43. The van der Waals surface area contributed by atoms with Crippen molar-refractivity contribution < 1.29 is 19.0 Å². The van der Waals surface area contributed by atoms with Crippen LogP contribution in [0.3, 0.4) is 0 Å². The van der Waals surface area contributed by atoms with Gasteiger partial charge in [-0.25, -0.2) is 4.79 Å². The van der Waals surface area contributed by atoms with E-state index in [0.29, 0.717) is 23.7 Å². The first-order valence-electron chi connectivity index (χ1n) is 14.0. The molecule has 6 heteroatoms. The monoisotopic (exact) mass is 534 g/mol. The molecule has 0 aliphatic carbocycles. The molecule has 4 aromatic rings. The Morgan fingerprint density at radius 2 is 1.55 bits per heavy atom. The topological polar surface area (TPSA) is 60.0 Å². The highest BCUT2D eigenvalue weighted by Crippen LogP contribution is 2.56. The third-order valence-electron chi connectivity index (χ3n) is 7.76. The van der Waals surface area contributed by atoms with Crippen LogP contribution in [0.2, 0.25) is 0 Å². The molecule has 1 N–H and O–H groups in total. The van der Waals surface area contributed by atoms with E-state index in [0.717, 1.165) is 41.0 Å². The second kappa shape index (κ2) is 10.7. The lowest BCUT2D eigenvalue weighted by Gasteiger charge is -2.39. The number of carbonyl (C=O) groups is 1. The number of hydrogen-bond acceptors (Lipinski definition) is 6. The van der Waals surface area contributed by atoms with E-state index in [4.69, 9.17) is 14.2 Å². The Kier molecular flexibility index (Phi) is 6.95. The maximum atomic E-state index is 13.1. The number of ether oxygens (including phenoxy) is 3. The van der Waals surface area contributed by atoms with Gasteiger partial charge in [-0.3, -0.25) is 0 Å². The van der Waals surface area contributed by atoms with Gasteiger partial charge in [0.1, 0.15) is 17.7 Å². The van der Waals surface area contributed by atoms with Crippen LogP contribution < -0.4 is 15.0 Å². The average molecular weight is 535 g/mol. The summed E-state index contributed by atoms with van der Waals surface area (Å²) in [5.41, 5.74) is 4.07. The molecule has 2 heterocycles. The van der Waals surface area contributed by atoms with Crippen LogP contribution >= 0.6 is 0 Å². The number of para-hydroxylation sites is 2. The van der Waals surface area contributed by atoms with Crippen molar-refractivity contribution in [3.05, 3.63) is 119 Å². The summed E-state index contributed by atoms with van der Waals surface area (Å²) in [4.78, 5) is 15.4. The van der Waals surface area contributed by atoms with Crippen LogP contribution in [0.25, 0.3) is 0 Å². The molecule has 1 spiro atoms. The minimum atomic E-state index is -1.06. The summed E-state index contributed by atoms with van der Waals surface area (Å²) < 4.78 is 18.7. The number of hydrogen-bond donors (Lipinski definition) is 1. The van der Waals surface area contributed by atoms with Gasteiger partial charge < -0.3 is 24.4 Å². The lowest BCUT2D eigenvalue weighted by atomic mass is 9.77. The SMILES string of the molecule is CCOC(C)CC(Nc1ccccc1)N(CC)c1ccc2c(c1)Oc1ccccc1C21OC(=O)c2ccccc21. The van der Waals surface area contributed by atoms with E-state index in [-0.39, 0.29) is 18.2 Å². The first-order valence-corrected chi connectivity index (χ1v) is 14.0. The Balaban J connectivity index is 1.44. The normalized spacial score (nSPS) is 18.1. The Hall–Kier alpha value is -4.29. The highest BCUT2D eigenvalue weighted by molar-refractivity contribution is 5.97. The molecule has 6 rings (SSSR count). The van der Waals surface area contributed by atoms with Gasteiger partial charge in [-0.05, 0) is 57.2 Å². The molecule has 40 heavy (non-hydrogen) atoms. The Labute approximate surface area is 235 Å². The minimum Gasteiger partial charge on any atom is -0.456 e. The highest BCUT2D eigenvalue weighted by atomic mass is 16.6. The predicted octanol–water partition coefficient (Wildman–Crippen LogP) is 7.33. The van der Waals surface area contributed by atoms with Crippen LogP contribution in [0.15, 0.2) is 97.1 Å². The molecule has 0 fully saturated rings. The summed E-state index contributed by atoms with van der Waals surface area (Å²) in [5, 5.41) is 3.72. The summed E-state index contributed by atoms with van der Waals surface area (Å²) in [6, 6.07) is 31.9. The molecule has 0 aromatic heterocycles. The summed E-state index contributed by atoms with van der Waals surface area (Å²) >= 11 is 0. The summed E-state index contributed by atoms with van der Waals surface area (Å²) in [7, 11) is 0. The van der Waals surface area contributed by atoms with Crippen LogP contribution in [-0.2, 0) is 15.1 Å². The molecule has 6 nitrogen and oxygen atoms in total. The number of nitrogens with zero attached hydrogens (tertiary/aromatic N) is 1. The lowest BCUT2D eigenvalue weighted by molar-refractivity contribution is 0.0224. The molecular weight excluding hydrogens is 500 g/mol. The van der Waals surface area contributed by atoms with Crippen molar-refractivity contribution in [2.45, 2.75) is 45.1 Å². The second-order valence-corrected chi connectivity index (χ2v) is 10.2. The maximum Gasteiger partial charge on any atom is 0.340 e. The van der Waals surface area contributed by atoms with E-state index in [1.165, 1.54) is 0 Å². The van der Waals surface area contributed by atoms with Crippen LogP contribution in [0, 0.1) is 0 Å². The van der Waals surface area contributed by atoms with Crippen molar-refractivity contribution >= 4 is 17.3 Å². The van der Waals surface area contributed by atoms with E-state index in [1.54, 1.807) is 0 Å². The fourth-order valence-electron chi connectivity index (χ4n) is 6.03. The number of fused-ring (bicyclic) bond motifs is 6. The molecule has 0 amide bonds. The van der Waals surface area contributed by atoms with E-state index in [1.807, 2.05) is 79.7 Å². The molecule has 0 saturated carbocycles. The number of nitrogens with one attached hydrogen (secondary N) is 1. The maximum absolute atomic E-state index is 13.1. The van der Waals surface area contributed by atoms with Gasteiger partial charge in [0, 0.05) is 53.7 Å². The molecule has 0 bridgehead atoms. The number of benzene rings is 4. The third-order valence-corrected chi connectivity index (χ3v) is 7.76. The number of rotatable bonds is 9. The molecule has 3 atom stereocenters. The van der Waals surface area contributed by atoms with Crippen molar-refractivity contribution in [1.82, 2.24) is 0 Å². The van der Waals surface area contributed by atoms with Gasteiger partial charge in [0.25, 0.3) is 0 Å². The Morgan fingerprint density at radius 1 is 0.850 bits per heavy atom. The van der Waals surface area contributed by atoms with E-state index in [9.17, 15) is 4.79 Å². The Morgan fingerprint density at radius 3 is 2.33 bits per heavy atom. The quantitative estimate of drug-likeness (QED) is 0.179. The molecule has 3 unspecified atom stereocenters. The third kappa shape index (κ3) is 4.38. The standard InChI is InChI=1S/C34H34N2O4/c1-4-36(32(21-23(3)38-5-2)35-24-13-7-6-8-14-24)25-19-20-29-31(22-25)39-30-18-12-11-17-28(30)34(29)27-16-10-9-15-26(27)33(37)40-34/h6-20,22-23,32,35H,4-5,21H2,1-3H3. The number of esters is 1. The van der Waals surface area contributed by atoms with Crippen molar-refractivity contribution in [2.75, 3.05) is 23.4 Å². The van der Waals surface area contributed by atoms with Crippen molar-refractivity contribution in [3.8, 4) is 11.5 Å². The predicted molar refractivity (Wildman–Crippen MR) is 157 cm³/mol. The van der Waals surface area contributed by atoms with Gasteiger partial charge in [0.2, 0.25) is 0 Å². The second-order valence-electron chi connectivity index (χ2n) is 10.2. The van der Waals surface area contributed by atoms with Crippen LogP contribution in [0.4, 0.5) is 11.4 Å². The van der Waals surface area contributed by atoms with Crippen molar-refractivity contribution in [1.29, 1.82) is 0 Å². The average Bonchev–Trinajstić information content (AvgIpc) is 3.27. The molecule has 2 aliphatic heterocycles. The van der Waals surface area contributed by atoms with Crippen molar-refractivity contribution in [2.24, 2.45) is 0 Å². The molecule has 204 valence electrons. The number of anilines is 2. The highest BCUT2D eigenvalue weighted by Gasteiger charge is 2.53. The van der Waals surface area contributed by atoms with Gasteiger partial charge in [-0.1, -0.05) is 54.6 Å². The zero-order chi connectivity index (χ0) is 27.7. The van der Waals surface area contributed by atoms with Gasteiger partial charge >= 0.3 is 5.97 Å². The van der Waals surface area contributed by atoms with Crippen LogP contribution in [0.5, 0.6) is 11.5 Å². The minimum absolute atomic E-state index is 0.0260. The fourth-order valence-corrected chi connectivity index (χ4v) is 6.03. The molecule has 0 radical (unpaired) electrons. The summed E-state index contributed by atoms with van der Waals surface area (Å²) in [6.45, 7) is 7.72. The van der Waals surface area contributed by atoms with E-state index >= 15 is 0 Å². The molecule has 4 aromatic carbocycles. The zero-order valence-electron chi connectivity index (χ0n) is 23.1. The van der Waals surface area contributed by atoms with Crippen LogP contribution in [-0.4, -0.2) is 31.4 Å². The largest absolute Gasteiger partial charge is 0.456 e. The van der Waals surface area contributed by atoms with Gasteiger partial charge in [-0.2, -0.15) is 0 Å². The zero-order valence-corrected chi connectivity index (χ0v) is 23.1. The van der Waals surface area contributed by atoms with E-state index < -0.39 is 5.60 Å². The molecular formula is C34H34N2O4. The van der Waals surface area contributed by atoms with Gasteiger partial charge in [0.05, 0.1) is 11.7 Å². The van der Waals surface area contributed by atoms with Crippen molar-refractivity contribution in [3.63, 3.8) is 0 Å². The van der Waals surface area contributed by atoms with Gasteiger partial charge in [0.15, 0.2) is 5.60 Å². The first-order chi connectivity index (χ1) is 19.5. The summed E-state index contributed by atoms with van der Waals surface area (Å²) in [6.07, 6.45) is 0.826. The Bertz CT molecular complexity index is 1520. The number of carbonyl (C=O) groups excluding carboxylic acids is 1. The van der Waals surface area contributed by atoms with E-state index in [2.05, 4.69) is 48.3 Å². The van der Waals surface area contributed by atoms with Gasteiger partial charge in [-0.15, -0.1) is 0 Å². The molecule has 2 aliphatic rings. The fraction of sp³-hybridized carbons (Fsp3) is 0.265. The smallest absolute Gasteiger partial charge is 0.340 e. The molecule has 0 saturated heterocycles. The van der Waals surface area contributed by atoms with Crippen LogP contribution in [0.1, 0.15) is 54.2 Å². The summed E-state index contributed by atoms with van der Waals surface area (Å²) in [5.74, 6) is 1.04.